The number of hydrogen-bond acceptors (Lipinski definition) is 1. The summed E-state index contributed by atoms with van der Waals surface area (Å²) in [6.07, 6.45) is 7.24. The second-order valence-corrected chi connectivity index (χ2v) is 8.49. The molecule has 0 aliphatic carbocycles. The van der Waals surface area contributed by atoms with Crippen LogP contribution in [0.4, 0.5) is 0 Å². The summed E-state index contributed by atoms with van der Waals surface area (Å²) >= 11 is 0. The Morgan fingerprint density at radius 3 is 2.54 bits per heavy atom. The predicted octanol–water partition coefficient (Wildman–Crippen LogP) is 5.50. The van der Waals surface area contributed by atoms with Crippen molar-refractivity contribution in [1.29, 1.82) is 0 Å². The summed E-state index contributed by atoms with van der Waals surface area (Å²) in [6.45, 7) is 3.47. The van der Waals surface area contributed by atoms with Gasteiger partial charge in [0.15, 0.2) is 0 Å². The Labute approximate surface area is 159 Å². The van der Waals surface area contributed by atoms with Gasteiger partial charge in [0.05, 0.1) is 26.7 Å². The van der Waals surface area contributed by atoms with Crippen LogP contribution in [-0.2, 0) is 6.42 Å². The van der Waals surface area contributed by atoms with Crippen molar-refractivity contribution in [3.05, 3.63) is 65.2 Å². The summed E-state index contributed by atoms with van der Waals surface area (Å²) in [4.78, 5) is 0. The van der Waals surface area contributed by atoms with Crippen LogP contribution < -0.4 is 0 Å². The molecule has 0 aromatic heterocycles. The van der Waals surface area contributed by atoms with Gasteiger partial charge >= 0.3 is 0 Å². The SMILES string of the molecule is CCCc1ccc(O)c(C(CC2CCCC[N+]2(C)C)c2ccccc2)c1. The van der Waals surface area contributed by atoms with Gasteiger partial charge in [0.2, 0.25) is 0 Å². The highest BCUT2D eigenvalue weighted by Crippen LogP contribution is 2.39. The number of quaternary nitrogens is 1. The number of piperidine rings is 1. The highest BCUT2D eigenvalue weighted by molar-refractivity contribution is 5.44. The highest BCUT2D eigenvalue weighted by atomic mass is 16.3. The first-order chi connectivity index (χ1) is 12.5. The molecule has 2 aromatic rings. The van der Waals surface area contributed by atoms with Gasteiger partial charge in [0, 0.05) is 17.9 Å². The minimum Gasteiger partial charge on any atom is -0.508 e. The lowest BCUT2D eigenvalue weighted by molar-refractivity contribution is -0.920. The van der Waals surface area contributed by atoms with Crippen molar-refractivity contribution in [3.63, 3.8) is 0 Å². The first-order valence-corrected chi connectivity index (χ1v) is 10.2. The van der Waals surface area contributed by atoms with Crippen LogP contribution in [0, 0.1) is 0 Å². The summed E-state index contributed by atoms with van der Waals surface area (Å²) in [5.41, 5.74) is 3.76. The Balaban J connectivity index is 1.98. The lowest BCUT2D eigenvalue weighted by atomic mass is 9.81. The number of aryl methyl sites for hydroxylation is 1. The van der Waals surface area contributed by atoms with E-state index in [-0.39, 0.29) is 5.92 Å². The van der Waals surface area contributed by atoms with Gasteiger partial charge in [-0.25, -0.2) is 0 Å². The van der Waals surface area contributed by atoms with E-state index in [1.54, 1.807) is 0 Å². The first-order valence-electron chi connectivity index (χ1n) is 10.2. The lowest BCUT2D eigenvalue weighted by Gasteiger charge is -2.43. The third-order valence-electron chi connectivity index (χ3n) is 6.23. The van der Waals surface area contributed by atoms with Crippen molar-refractivity contribution >= 4 is 0 Å². The van der Waals surface area contributed by atoms with Crippen LogP contribution in [0.25, 0.3) is 0 Å². The fraction of sp³-hybridized carbons (Fsp3) is 0.500. The second-order valence-electron chi connectivity index (χ2n) is 8.49. The van der Waals surface area contributed by atoms with Crippen LogP contribution in [-0.4, -0.2) is 36.3 Å². The molecule has 2 aromatic carbocycles. The van der Waals surface area contributed by atoms with Gasteiger partial charge in [-0.05, 0) is 42.9 Å². The predicted molar refractivity (Wildman–Crippen MR) is 110 cm³/mol. The molecule has 2 atom stereocenters. The van der Waals surface area contributed by atoms with Crippen molar-refractivity contribution in [2.45, 2.75) is 57.4 Å². The van der Waals surface area contributed by atoms with Crippen molar-refractivity contribution in [3.8, 4) is 5.75 Å². The lowest BCUT2D eigenvalue weighted by Crippen LogP contribution is -2.52. The van der Waals surface area contributed by atoms with E-state index in [4.69, 9.17) is 0 Å². The molecular formula is C24H34NO+. The molecule has 1 N–H and O–H groups in total. The third kappa shape index (κ3) is 4.29. The summed E-state index contributed by atoms with van der Waals surface area (Å²) in [5, 5.41) is 10.7. The van der Waals surface area contributed by atoms with E-state index in [2.05, 4.69) is 63.5 Å². The molecule has 26 heavy (non-hydrogen) atoms. The maximum absolute atomic E-state index is 10.7. The van der Waals surface area contributed by atoms with E-state index in [1.807, 2.05) is 6.07 Å². The zero-order valence-electron chi connectivity index (χ0n) is 16.6. The molecule has 1 aliphatic heterocycles. The fourth-order valence-corrected chi connectivity index (χ4v) is 4.56. The van der Waals surface area contributed by atoms with E-state index < -0.39 is 0 Å². The standard InChI is InChI=1S/C24H33NO/c1-4-10-19-14-15-24(26)23(17-19)22(20-11-6-5-7-12-20)18-21-13-8-9-16-25(21,2)3/h5-7,11-12,14-15,17,21-22H,4,8-10,13,16,18H2,1-3H3/p+1. The van der Waals surface area contributed by atoms with Gasteiger partial charge < -0.3 is 9.59 Å². The molecule has 3 rings (SSSR count). The van der Waals surface area contributed by atoms with Gasteiger partial charge in [0.25, 0.3) is 0 Å². The molecule has 1 aliphatic rings. The second kappa shape index (κ2) is 8.26. The number of likely N-dealkylation sites (tertiary alicyclic amines) is 1. The van der Waals surface area contributed by atoms with E-state index in [0.29, 0.717) is 11.8 Å². The maximum Gasteiger partial charge on any atom is 0.119 e. The van der Waals surface area contributed by atoms with Crippen molar-refractivity contribution in [2.24, 2.45) is 0 Å². The first kappa shape index (κ1) is 19.0. The largest absolute Gasteiger partial charge is 0.508 e. The monoisotopic (exact) mass is 352 g/mol. The number of hydrogen-bond donors (Lipinski definition) is 1. The summed E-state index contributed by atoms with van der Waals surface area (Å²) in [6, 6.07) is 17.6. The van der Waals surface area contributed by atoms with Crippen LogP contribution >= 0.6 is 0 Å². The topological polar surface area (TPSA) is 20.2 Å². The van der Waals surface area contributed by atoms with E-state index in [9.17, 15) is 5.11 Å². The summed E-state index contributed by atoms with van der Waals surface area (Å²) < 4.78 is 1.10. The average Bonchev–Trinajstić information content (AvgIpc) is 2.63. The number of benzene rings is 2. The number of phenolic OH excluding ortho intramolecular Hbond substituents is 1. The molecule has 140 valence electrons. The van der Waals surface area contributed by atoms with Crippen LogP contribution in [0.5, 0.6) is 5.75 Å². The van der Waals surface area contributed by atoms with Crippen LogP contribution in [0.15, 0.2) is 48.5 Å². The van der Waals surface area contributed by atoms with Gasteiger partial charge in [-0.3, -0.25) is 0 Å². The molecule has 1 heterocycles. The molecule has 0 spiro atoms. The smallest absolute Gasteiger partial charge is 0.119 e. The molecule has 0 bridgehead atoms. The summed E-state index contributed by atoms with van der Waals surface area (Å²) in [7, 11) is 4.75. The van der Waals surface area contributed by atoms with Crippen LogP contribution in [0.2, 0.25) is 0 Å². The molecule has 0 radical (unpaired) electrons. The Hall–Kier alpha value is -1.80. The molecular weight excluding hydrogens is 318 g/mol. The number of phenols is 1. The van der Waals surface area contributed by atoms with Gasteiger partial charge in [-0.15, -0.1) is 0 Å². The highest BCUT2D eigenvalue weighted by Gasteiger charge is 2.34. The average molecular weight is 353 g/mol. The minimum atomic E-state index is 0.258. The minimum absolute atomic E-state index is 0.258. The molecule has 2 nitrogen and oxygen atoms in total. The molecule has 2 heteroatoms. The Morgan fingerprint density at radius 1 is 1.08 bits per heavy atom. The van der Waals surface area contributed by atoms with Crippen molar-refractivity contribution in [1.82, 2.24) is 0 Å². The molecule has 0 amide bonds. The Kier molecular flexibility index (Phi) is 6.03. The molecule has 0 saturated carbocycles. The zero-order chi connectivity index (χ0) is 18.6. The van der Waals surface area contributed by atoms with E-state index >= 15 is 0 Å². The molecule has 1 fully saturated rings. The zero-order valence-corrected chi connectivity index (χ0v) is 16.6. The Bertz CT molecular complexity index is 707. The number of aromatic hydroxyl groups is 1. The quantitative estimate of drug-likeness (QED) is 0.681. The number of nitrogens with zero attached hydrogens (tertiary/aromatic N) is 1. The third-order valence-corrected chi connectivity index (χ3v) is 6.23. The van der Waals surface area contributed by atoms with Crippen LogP contribution in [0.1, 0.15) is 61.6 Å². The van der Waals surface area contributed by atoms with Crippen LogP contribution in [0.3, 0.4) is 0 Å². The number of rotatable bonds is 6. The Morgan fingerprint density at radius 2 is 1.85 bits per heavy atom. The van der Waals surface area contributed by atoms with E-state index in [0.717, 1.165) is 29.3 Å². The maximum atomic E-state index is 10.7. The van der Waals surface area contributed by atoms with E-state index in [1.165, 1.54) is 36.9 Å². The van der Waals surface area contributed by atoms with Gasteiger partial charge in [0.1, 0.15) is 5.75 Å². The van der Waals surface area contributed by atoms with Crippen molar-refractivity contribution < 1.29 is 9.59 Å². The van der Waals surface area contributed by atoms with Crippen molar-refractivity contribution in [2.75, 3.05) is 20.6 Å². The van der Waals surface area contributed by atoms with Gasteiger partial charge in [-0.2, -0.15) is 0 Å². The summed E-state index contributed by atoms with van der Waals surface area (Å²) in [5.74, 6) is 0.702. The van der Waals surface area contributed by atoms with Gasteiger partial charge in [-0.1, -0.05) is 55.8 Å². The fourth-order valence-electron chi connectivity index (χ4n) is 4.56. The molecule has 2 unspecified atom stereocenters. The normalized spacial score (nSPS) is 20.7. The molecule has 1 saturated heterocycles.